The first-order chi connectivity index (χ1) is 14.0. The second-order valence-electron chi connectivity index (χ2n) is 8.78. The van der Waals surface area contributed by atoms with Crippen molar-refractivity contribution in [2.24, 2.45) is 22.4 Å². The predicted molar refractivity (Wildman–Crippen MR) is 111 cm³/mol. The van der Waals surface area contributed by atoms with Gasteiger partial charge in [0.15, 0.2) is 0 Å². The zero-order chi connectivity index (χ0) is 20.9. The highest BCUT2D eigenvalue weighted by Gasteiger charge is 2.39. The molecule has 1 unspecified atom stereocenters. The highest BCUT2D eigenvalue weighted by molar-refractivity contribution is 5.95. The van der Waals surface area contributed by atoms with Gasteiger partial charge in [0.2, 0.25) is 0 Å². The molecule has 2 fully saturated rings. The minimum atomic E-state index is -0.656. The first kappa shape index (κ1) is 21.3. The van der Waals surface area contributed by atoms with Crippen LogP contribution in [-0.2, 0) is 4.79 Å². The van der Waals surface area contributed by atoms with Gasteiger partial charge >= 0.3 is 5.97 Å². The third-order valence-corrected chi connectivity index (χ3v) is 7.10. The fourth-order valence-electron chi connectivity index (χ4n) is 5.02. The Labute approximate surface area is 172 Å². The molecule has 0 bridgehead atoms. The molecule has 0 radical (unpaired) electrons. The maximum atomic E-state index is 12.8. The van der Waals surface area contributed by atoms with E-state index in [1.165, 1.54) is 6.21 Å². The molecule has 1 spiro atoms. The van der Waals surface area contributed by atoms with Gasteiger partial charge in [-0.3, -0.25) is 9.59 Å². The zero-order valence-corrected chi connectivity index (χ0v) is 17.2. The van der Waals surface area contributed by atoms with E-state index >= 15 is 0 Å². The molecule has 29 heavy (non-hydrogen) atoms. The number of likely N-dealkylation sites (tertiary alicyclic amines) is 1. The zero-order valence-electron chi connectivity index (χ0n) is 17.2. The first-order valence-electron chi connectivity index (χ1n) is 10.8. The van der Waals surface area contributed by atoms with E-state index in [4.69, 9.17) is 5.21 Å². The lowest BCUT2D eigenvalue weighted by molar-refractivity contribution is -0.142. The maximum absolute atomic E-state index is 12.8. The second-order valence-corrected chi connectivity index (χ2v) is 8.78. The van der Waals surface area contributed by atoms with Crippen LogP contribution in [-0.4, -0.2) is 46.4 Å². The topological polar surface area (TPSA) is 90.2 Å². The first-order valence-corrected chi connectivity index (χ1v) is 10.8. The van der Waals surface area contributed by atoms with Gasteiger partial charge in [-0.1, -0.05) is 24.2 Å². The minimum Gasteiger partial charge on any atom is -0.481 e. The lowest BCUT2D eigenvalue weighted by Gasteiger charge is -2.46. The van der Waals surface area contributed by atoms with Crippen LogP contribution in [0.3, 0.4) is 0 Å². The maximum Gasteiger partial charge on any atom is 0.306 e. The van der Waals surface area contributed by atoms with E-state index in [-0.39, 0.29) is 11.8 Å². The summed E-state index contributed by atoms with van der Waals surface area (Å²) in [5.74, 6) is -0.268. The summed E-state index contributed by atoms with van der Waals surface area (Å²) in [6.07, 6.45) is 9.49. The molecule has 1 heterocycles. The molecule has 3 rings (SSSR count). The van der Waals surface area contributed by atoms with Crippen LogP contribution in [0.15, 0.2) is 29.4 Å². The van der Waals surface area contributed by atoms with E-state index in [0.717, 1.165) is 63.6 Å². The number of benzene rings is 1. The number of hydrogen-bond donors (Lipinski definition) is 2. The Morgan fingerprint density at radius 2 is 1.79 bits per heavy atom. The largest absolute Gasteiger partial charge is 0.481 e. The number of hydrogen-bond acceptors (Lipinski definition) is 4. The number of carbonyl (C=O) groups is 2. The van der Waals surface area contributed by atoms with Crippen LogP contribution in [0.2, 0.25) is 0 Å². The van der Waals surface area contributed by atoms with Gasteiger partial charge in [-0.15, -0.1) is 0 Å². The minimum absolute atomic E-state index is 0.0632. The fraction of sp³-hybridized carbons (Fsp3) is 0.609. The van der Waals surface area contributed by atoms with Gasteiger partial charge < -0.3 is 15.2 Å². The third kappa shape index (κ3) is 5.17. The summed E-state index contributed by atoms with van der Waals surface area (Å²) in [4.78, 5) is 26.1. The number of oxime groups is 1. The number of carboxylic acid groups (broad SMARTS) is 1. The summed E-state index contributed by atoms with van der Waals surface area (Å²) in [6, 6.07) is 7.11. The highest BCUT2D eigenvalue weighted by atomic mass is 16.4. The SMILES string of the molecule is CCC(CC1CCC2(CC1)CCN(C(=O)c1ccc(C=NO)cc1)CC2)C(=O)O. The Kier molecular flexibility index (Phi) is 6.93. The van der Waals surface area contributed by atoms with Crippen molar-refractivity contribution in [3.05, 3.63) is 35.4 Å². The quantitative estimate of drug-likeness (QED) is 0.420. The van der Waals surface area contributed by atoms with E-state index in [0.29, 0.717) is 23.3 Å². The van der Waals surface area contributed by atoms with Crippen molar-refractivity contribution in [1.29, 1.82) is 0 Å². The Bertz CT molecular complexity index is 726. The molecule has 158 valence electrons. The number of carbonyl (C=O) groups excluding carboxylic acids is 1. The average Bonchev–Trinajstić information content (AvgIpc) is 2.74. The summed E-state index contributed by atoms with van der Waals surface area (Å²) < 4.78 is 0. The molecule has 1 atom stereocenters. The van der Waals surface area contributed by atoms with Crippen molar-refractivity contribution >= 4 is 18.1 Å². The molecule has 6 nitrogen and oxygen atoms in total. The standard InChI is InChI=1S/C23H32N2O4/c1-2-19(22(27)28)15-17-7-9-23(10-8-17)11-13-25(14-12-23)21(26)20-5-3-18(4-6-20)16-24-29/h3-6,16-17,19,29H,2,7-15H2,1H3,(H,27,28). The van der Waals surface area contributed by atoms with Crippen molar-refractivity contribution in [2.45, 2.75) is 58.3 Å². The number of amides is 1. The molecule has 1 aliphatic carbocycles. The van der Waals surface area contributed by atoms with Crippen LogP contribution in [0.4, 0.5) is 0 Å². The van der Waals surface area contributed by atoms with E-state index in [1.807, 2.05) is 11.8 Å². The molecule has 6 heteroatoms. The highest BCUT2D eigenvalue weighted by Crippen LogP contribution is 2.47. The van der Waals surface area contributed by atoms with Crippen molar-refractivity contribution in [3.63, 3.8) is 0 Å². The summed E-state index contributed by atoms with van der Waals surface area (Å²) in [7, 11) is 0. The molecule has 1 aromatic rings. The Hall–Kier alpha value is -2.37. The summed E-state index contributed by atoms with van der Waals surface area (Å²) in [5.41, 5.74) is 1.75. The fourth-order valence-corrected chi connectivity index (χ4v) is 5.02. The summed E-state index contributed by atoms with van der Waals surface area (Å²) in [6.45, 7) is 3.54. The van der Waals surface area contributed by atoms with Crippen molar-refractivity contribution < 1.29 is 19.9 Å². The van der Waals surface area contributed by atoms with Crippen LogP contribution < -0.4 is 0 Å². The van der Waals surface area contributed by atoms with E-state index in [9.17, 15) is 14.7 Å². The van der Waals surface area contributed by atoms with Crippen LogP contribution in [0.25, 0.3) is 0 Å². The molecule has 1 saturated carbocycles. The number of nitrogens with zero attached hydrogens (tertiary/aromatic N) is 2. The second kappa shape index (κ2) is 9.42. The van der Waals surface area contributed by atoms with Gasteiger partial charge in [-0.25, -0.2) is 0 Å². The van der Waals surface area contributed by atoms with Crippen molar-refractivity contribution in [1.82, 2.24) is 4.90 Å². The molecular weight excluding hydrogens is 368 g/mol. The molecule has 2 N–H and O–H groups in total. The summed E-state index contributed by atoms with van der Waals surface area (Å²) >= 11 is 0. The van der Waals surface area contributed by atoms with E-state index < -0.39 is 5.97 Å². The molecule has 2 aliphatic rings. The number of aliphatic carboxylic acids is 1. The van der Waals surface area contributed by atoms with Gasteiger partial charge in [0.25, 0.3) is 5.91 Å². The molecule has 1 amide bonds. The number of rotatable bonds is 6. The molecule has 1 aromatic carbocycles. The Morgan fingerprint density at radius 1 is 1.17 bits per heavy atom. The van der Waals surface area contributed by atoms with Gasteiger partial charge in [0.1, 0.15) is 0 Å². The third-order valence-electron chi connectivity index (χ3n) is 7.10. The van der Waals surface area contributed by atoms with E-state index in [1.54, 1.807) is 24.3 Å². The Morgan fingerprint density at radius 3 is 2.31 bits per heavy atom. The lowest BCUT2D eigenvalue weighted by atomic mass is 9.64. The monoisotopic (exact) mass is 400 g/mol. The van der Waals surface area contributed by atoms with Crippen molar-refractivity contribution in [3.8, 4) is 0 Å². The number of piperidine rings is 1. The van der Waals surface area contributed by atoms with E-state index in [2.05, 4.69) is 5.16 Å². The molecule has 1 aliphatic heterocycles. The predicted octanol–water partition coefficient (Wildman–Crippen LogP) is 4.41. The van der Waals surface area contributed by atoms with Crippen LogP contribution in [0, 0.1) is 17.3 Å². The molecule has 0 aromatic heterocycles. The molecular formula is C23H32N2O4. The normalized spacial score (nSPS) is 20.8. The van der Waals surface area contributed by atoms with Crippen LogP contribution in [0.5, 0.6) is 0 Å². The average molecular weight is 401 g/mol. The summed E-state index contributed by atoms with van der Waals surface area (Å²) in [5, 5.41) is 20.9. The van der Waals surface area contributed by atoms with Crippen molar-refractivity contribution in [2.75, 3.05) is 13.1 Å². The smallest absolute Gasteiger partial charge is 0.306 e. The van der Waals surface area contributed by atoms with Gasteiger partial charge in [0.05, 0.1) is 12.1 Å². The number of carboxylic acids is 1. The van der Waals surface area contributed by atoms with Gasteiger partial charge in [-0.2, -0.15) is 0 Å². The van der Waals surface area contributed by atoms with Crippen LogP contribution >= 0.6 is 0 Å². The molecule has 1 saturated heterocycles. The van der Waals surface area contributed by atoms with Gasteiger partial charge in [0, 0.05) is 18.7 Å². The Balaban J connectivity index is 1.50. The van der Waals surface area contributed by atoms with Crippen LogP contribution in [0.1, 0.15) is 74.2 Å². The lowest BCUT2D eigenvalue weighted by Crippen LogP contribution is -2.44. The van der Waals surface area contributed by atoms with Gasteiger partial charge in [-0.05, 0) is 80.4 Å².